The predicted octanol–water partition coefficient (Wildman–Crippen LogP) is 2.32. The number of alkyl carbamates (subject to hydrolysis) is 1. The second-order valence-corrected chi connectivity index (χ2v) is 8.43. The van der Waals surface area contributed by atoms with E-state index < -0.39 is 11.7 Å². The molecule has 0 saturated heterocycles. The van der Waals surface area contributed by atoms with Gasteiger partial charge in [0.25, 0.3) is 0 Å². The molecule has 2 aromatic rings. The van der Waals surface area contributed by atoms with Crippen LogP contribution in [0.1, 0.15) is 25.2 Å². The van der Waals surface area contributed by atoms with Crippen LogP contribution in [-0.4, -0.2) is 44.0 Å². The fraction of sp³-hybridized carbons (Fsp3) is 0.438. The summed E-state index contributed by atoms with van der Waals surface area (Å²) >= 11 is 0.277. The van der Waals surface area contributed by atoms with Gasteiger partial charge in [-0.25, -0.2) is 0 Å². The first-order valence-electron chi connectivity index (χ1n) is 6.95. The summed E-state index contributed by atoms with van der Waals surface area (Å²) in [6.07, 6.45) is 0.176. The van der Waals surface area contributed by atoms with Gasteiger partial charge in [-0.15, -0.1) is 0 Å². The van der Waals surface area contributed by atoms with Crippen LogP contribution >= 0.6 is 0 Å². The number of nitrogens with one attached hydrogen (secondary N) is 1. The molecule has 4 nitrogen and oxygen atoms in total. The molecule has 0 aliphatic heterocycles. The van der Waals surface area contributed by atoms with Crippen molar-refractivity contribution in [1.29, 1.82) is 0 Å². The molecule has 0 aliphatic rings. The van der Waals surface area contributed by atoms with Crippen LogP contribution in [0, 0.1) is 0 Å². The van der Waals surface area contributed by atoms with Gasteiger partial charge >= 0.3 is 130 Å². The summed E-state index contributed by atoms with van der Waals surface area (Å²) < 4.78 is 7.85. The summed E-state index contributed by atoms with van der Waals surface area (Å²) in [4.78, 5) is 11.8. The monoisotopic (exact) mass is 355 g/mol. The molecule has 1 aromatic heterocycles. The van der Waals surface area contributed by atoms with Crippen LogP contribution in [0.4, 0.5) is 4.79 Å². The van der Waals surface area contributed by atoms with Gasteiger partial charge in [0.15, 0.2) is 0 Å². The molecule has 21 heavy (non-hydrogen) atoms. The van der Waals surface area contributed by atoms with Crippen molar-refractivity contribution in [2.75, 3.05) is 6.61 Å². The van der Waals surface area contributed by atoms with Crippen LogP contribution < -0.4 is 5.32 Å². The van der Waals surface area contributed by atoms with Crippen LogP contribution in [0.2, 0.25) is 0 Å². The fourth-order valence-corrected chi connectivity index (χ4v) is 4.42. The van der Waals surface area contributed by atoms with Gasteiger partial charge in [-0.3, -0.25) is 0 Å². The summed E-state index contributed by atoms with van der Waals surface area (Å²) in [7, 11) is 0. The van der Waals surface area contributed by atoms with Crippen molar-refractivity contribution in [1.82, 2.24) is 5.32 Å². The van der Waals surface area contributed by atoms with E-state index >= 15 is 0 Å². The average Bonchev–Trinajstić information content (AvgIpc) is 2.77. The first kappa shape index (κ1) is 16.1. The standard InChI is InChI=1S/C16H21NO3Se/c1-16(2,3)20-15(19)17-12(10-18)9-13-8-11-6-4-5-7-14(11)21-13/h4-8,12,18H,9-10H2,1-3H3,(H,17,19)/t12-/m0/s1. The number of carbonyl (C=O) groups is 1. The molecule has 2 rings (SSSR count). The molecule has 0 saturated carbocycles. The maximum atomic E-state index is 11.8. The number of carbonyl (C=O) groups excluding carboxylic acids is 1. The van der Waals surface area contributed by atoms with Crippen molar-refractivity contribution in [3.8, 4) is 0 Å². The third-order valence-electron chi connectivity index (χ3n) is 2.87. The van der Waals surface area contributed by atoms with E-state index in [-0.39, 0.29) is 27.2 Å². The molecule has 0 radical (unpaired) electrons. The van der Waals surface area contributed by atoms with E-state index in [1.165, 1.54) is 14.1 Å². The SMILES string of the molecule is CC(C)(C)OC(=O)N[C@H](CO)Cc1cc2ccccc2[se]1. The Bertz CT molecular complexity index is 582. The van der Waals surface area contributed by atoms with E-state index in [9.17, 15) is 9.90 Å². The van der Waals surface area contributed by atoms with Gasteiger partial charge in [-0.05, 0) is 0 Å². The van der Waals surface area contributed by atoms with Gasteiger partial charge in [-0.1, -0.05) is 0 Å². The number of hydrogen-bond donors (Lipinski definition) is 2. The van der Waals surface area contributed by atoms with E-state index in [1.54, 1.807) is 0 Å². The zero-order valence-electron chi connectivity index (χ0n) is 12.6. The van der Waals surface area contributed by atoms with Crippen molar-refractivity contribution in [3.63, 3.8) is 0 Å². The number of ether oxygens (including phenoxy) is 1. The zero-order chi connectivity index (χ0) is 15.5. The number of aliphatic hydroxyl groups excluding tert-OH is 1. The fourth-order valence-electron chi connectivity index (χ4n) is 2.02. The summed E-state index contributed by atoms with van der Waals surface area (Å²) in [5.74, 6) is 0. The molecule has 0 unspecified atom stereocenters. The minimum absolute atomic E-state index is 0.0942. The van der Waals surface area contributed by atoms with E-state index in [0.29, 0.717) is 6.42 Å². The predicted molar refractivity (Wildman–Crippen MR) is 84.8 cm³/mol. The molecular weight excluding hydrogens is 333 g/mol. The minimum atomic E-state index is -0.531. The number of benzene rings is 1. The normalized spacial score (nSPS) is 13.1. The van der Waals surface area contributed by atoms with E-state index in [0.717, 1.165) is 0 Å². The van der Waals surface area contributed by atoms with Gasteiger partial charge in [0.05, 0.1) is 0 Å². The Morgan fingerprint density at radius 2 is 2.10 bits per heavy atom. The molecule has 0 spiro atoms. The number of amides is 1. The van der Waals surface area contributed by atoms with Crippen molar-refractivity contribution in [2.24, 2.45) is 0 Å². The summed E-state index contributed by atoms with van der Waals surface area (Å²) in [5, 5.41) is 13.4. The quantitative estimate of drug-likeness (QED) is 0.829. The Hall–Kier alpha value is -1.29. The van der Waals surface area contributed by atoms with E-state index in [4.69, 9.17) is 4.74 Å². The molecule has 1 amide bonds. The first-order valence-corrected chi connectivity index (χ1v) is 8.66. The molecule has 0 fully saturated rings. The summed E-state index contributed by atoms with van der Waals surface area (Å²) in [6.45, 7) is 5.36. The number of hydrogen-bond acceptors (Lipinski definition) is 3. The molecule has 1 heterocycles. The third-order valence-corrected chi connectivity index (χ3v) is 5.25. The van der Waals surface area contributed by atoms with Gasteiger partial charge in [0.1, 0.15) is 0 Å². The molecule has 0 aliphatic carbocycles. The van der Waals surface area contributed by atoms with Gasteiger partial charge in [0.2, 0.25) is 0 Å². The molecule has 5 heteroatoms. The second-order valence-electron chi connectivity index (χ2n) is 5.98. The van der Waals surface area contributed by atoms with Crippen LogP contribution in [0.15, 0.2) is 30.3 Å². The number of rotatable bonds is 4. The average molecular weight is 354 g/mol. The van der Waals surface area contributed by atoms with Crippen molar-refractivity contribution in [3.05, 3.63) is 34.8 Å². The van der Waals surface area contributed by atoms with Crippen molar-refractivity contribution < 1.29 is 14.6 Å². The molecule has 1 aromatic carbocycles. The van der Waals surface area contributed by atoms with Gasteiger partial charge in [0, 0.05) is 0 Å². The van der Waals surface area contributed by atoms with Crippen LogP contribution in [0.5, 0.6) is 0 Å². The van der Waals surface area contributed by atoms with Gasteiger partial charge in [-0.2, -0.15) is 0 Å². The Morgan fingerprint density at radius 3 is 2.71 bits per heavy atom. The van der Waals surface area contributed by atoms with E-state index in [1.807, 2.05) is 32.9 Å². The van der Waals surface area contributed by atoms with E-state index in [2.05, 4.69) is 23.5 Å². The third kappa shape index (κ3) is 4.88. The Kier molecular flexibility index (Phi) is 5.09. The molecule has 1 atom stereocenters. The Labute approximate surface area is 130 Å². The van der Waals surface area contributed by atoms with Crippen molar-refractivity contribution in [2.45, 2.75) is 38.8 Å². The molecule has 2 N–H and O–H groups in total. The topological polar surface area (TPSA) is 58.6 Å². The first-order chi connectivity index (χ1) is 9.87. The van der Waals surface area contributed by atoms with Gasteiger partial charge < -0.3 is 0 Å². The number of aliphatic hydroxyl groups is 1. The van der Waals surface area contributed by atoms with Crippen molar-refractivity contribution >= 4 is 30.2 Å². The van der Waals surface area contributed by atoms with Crippen LogP contribution in [0.25, 0.3) is 9.65 Å². The number of fused-ring (bicyclic) bond motifs is 1. The molecule has 0 bridgehead atoms. The second kappa shape index (κ2) is 6.65. The zero-order valence-corrected chi connectivity index (χ0v) is 14.3. The Morgan fingerprint density at radius 1 is 1.38 bits per heavy atom. The van der Waals surface area contributed by atoms with Crippen LogP contribution in [-0.2, 0) is 11.2 Å². The summed E-state index contributed by atoms with van der Waals surface area (Å²) in [6, 6.07) is 10.2. The maximum absolute atomic E-state index is 11.8. The molecular formula is C16H21NO3Se. The summed E-state index contributed by atoms with van der Waals surface area (Å²) in [5.41, 5.74) is -0.531. The molecule has 114 valence electrons. The Balaban J connectivity index is 2.00. The van der Waals surface area contributed by atoms with Crippen LogP contribution in [0.3, 0.4) is 0 Å².